The fraction of sp³-hybridized carbons (Fsp3) is 0.0385. The monoisotopic (exact) mass is 359 g/mol. The summed E-state index contributed by atoms with van der Waals surface area (Å²) in [7, 11) is 0. The molecule has 2 heteroatoms. The molecule has 28 heavy (non-hydrogen) atoms. The molecule has 2 heterocycles. The normalized spacial score (nSPS) is 11.8. The molecule has 2 aromatic heterocycles. The minimum Gasteiger partial charge on any atom is -0.455 e. The first kappa shape index (κ1) is 15.4. The maximum absolute atomic E-state index is 6.32. The number of furan rings is 1. The quantitative estimate of drug-likeness (QED) is 0.309. The summed E-state index contributed by atoms with van der Waals surface area (Å²) < 4.78 is 6.32. The van der Waals surface area contributed by atoms with Crippen LogP contribution < -0.4 is 0 Å². The molecular formula is C26H17NO. The zero-order valence-corrected chi connectivity index (χ0v) is 15.4. The number of aromatic nitrogens is 1. The lowest BCUT2D eigenvalue weighted by molar-refractivity contribution is 0.672. The lowest BCUT2D eigenvalue weighted by atomic mass is 9.95. The van der Waals surface area contributed by atoms with Gasteiger partial charge in [0.2, 0.25) is 0 Å². The molecule has 4 aromatic carbocycles. The number of fused-ring (bicyclic) bond motifs is 6. The molecule has 0 fully saturated rings. The third-order valence-electron chi connectivity index (χ3n) is 5.67. The summed E-state index contributed by atoms with van der Waals surface area (Å²) in [6.45, 7) is 2.18. The van der Waals surface area contributed by atoms with Gasteiger partial charge < -0.3 is 4.42 Å². The molecule has 0 spiro atoms. The predicted octanol–water partition coefficient (Wildman–Crippen LogP) is 7.26. The Morgan fingerprint density at radius 3 is 2.29 bits per heavy atom. The van der Waals surface area contributed by atoms with Crippen LogP contribution in [0, 0.1) is 6.92 Å². The van der Waals surface area contributed by atoms with Gasteiger partial charge in [-0.1, -0.05) is 66.7 Å². The minimum absolute atomic E-state index is 0.898. The SMILES string of the molecule is Cc1c(-c2nc3ccccc3c3oc4ccccc4c23)ccc2ccccc12. The predicted molar refractivity (Wildman–Crippen MR) is 117 cm³/mol. The van der Waals surface area contributed by atoms with Crippen LogP contribution in [0.5, 0.6) is 0 Å². The lowest BCUT2D eigenvalue weighted by Crippen LogP contribution is -1.91. The summed E-state index contributed by atoms with van der Waals surface area (Å²) in [4.78, 5) is 5.10. The smallest absolute Gasteiger partial charge is 0.147 e. The highest BCUT2D eigenvalue weighted by Gasteiger charge is 2.18. The first-order chi connectivity index (χ1) is 13.8. The van der Waals surface area contributed by atoms with Crippen LogP contribution in [0.15, 0.2) is 89.3 Å². The Bertz CT molecular complexity index is 1520. The van der Waals surface area contributed by atoms with E-state index in [4.69, 9.17) is 9.40 Å². The first-order valence-corrected chi connectivity index (χ1v) is 9.50. The summed E-state index contributed by atoms with van der Waals surface area (Å²) in [5, 5.41) is 5.76. The van der Waals surface area contributed by atoms with E-state index in [0.29, 0.717) is 0 Å². The number of para-hydroxylation sites is 2. The van der Waals surface area contributed by atoms with Crippen molar-refractivity contribution < 1.29 is 4.42 Å². The Labute approximate surface area is 162 Å². The van der Waals surface area contributed by atoms with Crippen molar-refractivity contribution in [3.8, 4) is 11.3 Å². The van der Waals surface area contributed by atoms with Crippen LogP contribution >= 0.6 is 0 Å². The third-order valence-corrected chi connectivity index (χ3v) is 5.67. The average Bonchev–Trinajstić information content (AvgIpc) is 3.14. The van der Waals surface area contributed by atoms with Crippen LogP contribution in [0.4, 0.5) is 0 Å². The second kappa shape index (κ2) is 5.67. The Kier molecular flexibility index (Phi) is 3.12. The van der Waals surface area contributed by atoms with E-state index in [2.05, 4.69) is 67.6 Å². The van der Waals surface area contributed by atoms with Crippen LogP contribution in [0.3, 0.4) is 0 Å². The summed E-state index contributed by atoms with van der Waals surface area (Å²) in [5.41, 5.74) is 6.15. The largest absolute Gasteiger partial charge is 0.455 e. The molecule has 0 aliphatic heterocycles. The molecule has 0 bridgehead atoms. The summed E-state index contributed by atoms with van der Waals surface area (Å²) >= 11 is 0. The van der Waals surface area contributed by atoms with E-state index in [0.717, 1.165) is 44.1 Å². The van der Waals surface area contributed by atoms with Crippen LogP contribution in [-0.4, -0.2) is 4.98 Å². The molecule has 2 nitrogen and oxygen atoms in total. The van der Waals surface area contributed by atoms with Crippen molar-refractivity contribution >= 4 is 43.6 Å². The van der Waals surface area contributed by atoms with Gasteiger partial charge >= 0.3 is 0 Å². The molecule has 0 N–H and O–H groups in total. The van der Waals surface area contributed by atoms with Gasteiger partial charge in [-0.05, 0) is 41.5 Å². The zero-order valence-electron chi connectivity index (χ0n) is 15.4. The van der Waals surface area contributed by atoms with Crippen LogP contribution in [0.1, 0.15) is 5.56 Å². The van der Waals surface area contributed by atoms with Crippen LogP contribution in [0.25, 0.3) is 54.9 Å². The Morgan fingerprint density at radius 2 is 1.39 bits per heavy atom. The number of hydrogen-bond acceptors (Lipinski definition) is 2. The van der Waals surface area contributed by atoms with Crippen molar-refractivity contribution in [3.63, 3.8) is 0 Å². The Balaban J connectivity index is 1.83. The summed E-state index contributed by atoms with van der Waals surface area (Å²) in [6.07, 6.45) is 0. The van der Waals surface area contributed by atoms with Gasteiger partial charge in [0.25, 0.3) is 0 Å². The highest BCUT2D eigenvalue weighted by atomic mass is 16.3. The number of nitrogens with zero attached hydrogens (tertiary/aromatic N) is 1. The standard InChI is InChI=1S/C26H17NO/c1-16-18-9-3-2-8-17(18)14-15-19(16)25-24-21-11-5-7-13-23(21)28-26(24)20-10-4-6-12-22(20)27-25/h2-15H,1H3. The highest BCUT2D eigenvalue weighted by Crippen LogP contribution is 2.41. The Morgan fingerprint density at radius 1 is 0.679 bits per heavy atom. The molecule has 0 aliphatic carbocycles. The van der Waals surface area contributed by atoms with Gasteiger partial charge in [0.1, 0.15) is 11.2 Å². The van der Waals surface area contributed by atoms with E-state index in [1.54, 1.807) is 0 Å². The minimum atomic E-state index is 0.898. The molecule has 6 rings (SSSR count). The van der Waals surface area contributed by atoms with Gasteiger partial charge in [0.05, 0.1) is 16.6 Å². The van der Waals surface area contributed by atoms with Crippen LogP contribution in [0.2, 0.25) is 0 Å². The molecule has 132 valence electrons. The van der Waals surface area contributed by atoms with Gasteiger partial charge in [-0.25, -0.2) is 4.98 Å². The molecule has 6 aromatic rings. The van der Waals surface area contributed by atoms with E-state index >= 15 is 0 Å². The van der Waals surface area contributed by atoms with Gasteiger partial charge in [0.15, 0.2) is 0 Å². The molecule has 0 saturated carbocycles. The van der Waals surface area contributed by atoms with Crippen LogP contribution in [-0.2, 0) is 0 Å². The van der Waals surface area contributed by atoms with Gasteiger partial charge in [-0.2, -0.15) is 0 Å². The average molecular weight is 359 g/mol. The molecule has 0 aliphatic rings. The molecule has 0 saturated heterocycles. The number of pyridine rings is 1. The number of aryl methyl sites for hydroxylation is 1. The summed E-state index contributed by atoms with van der Waals surface area (Å²) in [5.74, 6) is 0. The van der Waals surface area contributed by atoms with Gasteiger partial charge in [-0.15, -0.1) is 0 Å². The summed E-state index contributed by atoms with van der Waals surface area (Å²) in [6, 6.07) is 29.3. The first-order valence-electron chi connectivity index (χ1n) is 9.50. The fourth-order valence-electron chi connectivity index (χ4n) is 4.29. The number of hydrogen-bond donors (Lipinski definition) is 0. The second-order valence-electron chi connectivity index (χ2n) is 7.24. The van der Waals surface area contributed by atoms with Crippen molar-refractivity contribution in [2.45, 2.75) is 6.92 Å². The fourth-order valence-corrected chi connectivity index (χ4v) is 4.29. The second-order valence-corrected chi connectivity index (χ2v) is 7.24. The topological polar surface area (TPSA) is 26.0 Å². The van der Waals surface area contributed by atoms with E-state index in [1.165, 1.54) is 16.3 Å². The Hall–Kier alpha value is -3.65. The number of benzene rings is 4. The van der Waals surface area contributed by atoms with Gasteiger partial charge in [-0.3, -0.25) is 0 Å². The van der Waals surface area contributed by atoms with Crippen molar-refractivity contribution in [2.75, 3.05) is 0 Å². The maximum Gasteiger partial charge on any atom is 0.147 e. The zero-order chi connectivity index (χ0) is 18.7. The molecule has 0 amide bonds. The molecular weight excluding hydrogens is 342 g/mol. The maximum atomic E-state index is 6.32. The highest BCUT2D eigenvalue weighted by molar-refractivity contribution is 6.19. The van der Waals surface area contributed by atoms with Crippen molar-refractivity contribution in [1.82, 2.24) is 4.98 Å². The van der Waals surface area contributed by atoms with Crippen molar-refractivity contribution in [2.24, 2.45) is 0 Å². The van der Waals surface area contributed by atoms with E-state index < -0.39 is 0 Å². The molecule has 0 radical (unpaired) electrons. The van der Waals surface area contributed by atoms with Gasteiger partial charge in [0, 0.05) is 16.3 Å². The molecule has 0 atom stereocenters. The van der Waals surface area contributed by atoms with Crippen molar-refractivity contribution in [1.29, 1.82) is 0 Å². The number of rotatable bonds is 1. The van der Waals surface area contributed by atoms with E-state index in [1.807, 2.05) is 24.3 Å². The molecule has 0 unspecified atom stereocenters. The van der Waals surface area contributed by atoms with Crippen molar-refractivity contribution in [3.05, 3.63) is 90.5 Å². The van der Waals surface area contributed by atoms with E-state index in [9.17, 15) is 0 Å². The van der Waals surface area contributed by atoms with E-state index in [-0.39, 0.29) is 0 Å². The lowest BCUT2D eigenvalue weighted by Gasteiger charge is -2.11. The third kappa shape index (κ3) is 2.06.